The molecular formula is C24H36N4O5S. The first-order valence-electron chi connectivity index (χ1n) is 12.0. The highest BCUT2D eigenvalue weighted by Gasteiger charge is 2.34. The van der Waals surface area contributed by atoms with Crippen molar-refractivity contribution in [3.8, 4) is 0 Å². The summed E-state index contributed by atoms with van der Waals surface area (Å²) in [6.07, 6.45) is 2.53. The predicted molar refractivity (Wildman–Crippen MR) is 129 cm³/mol. The van der Waals surface area contributed by atoms with Gasteiger partial charge in [0.05, 0.1) is 33.3 Å². The molecule has 2 saturated heterocycles. The van der Waals surface area contributed by atoms with E-state index in [-0.39, 0.29) is 10.3 Å². The average molecular weight is 493 g/mol. The Bertz CT molecular complexity index is 1150. The maximum atomic E-state index is 13.4. The Morgan fingerprint density at radius 2 is 1.88 bits per heavy atom. The number of hydrogen-bond donors (Lipinski definition) is 2. The Hall–Kier alpha value is -2.17. The first-order chi connectivity index (χ1) is 15.9. The van der Waals surface area contributed by atoms with E-state index in [2.05, 4.69) is 20.8 Å². The summed E-state index contributed by atoms with van der Waals surface area (Å²) in [5, 5.41) is 10.6. The number of nitrogens with zero attached hydrogens (tertiary/aromatic N) is 3. The van der Waals surface area contributed by atoms with Crippen LogP contribution in [0, 0.1) is 5.41 Å². The first kappa shape index (κ1) is 24.9. The highest BCUT2D eigenvalue weighted by atomic mass is 32.2. The summed E-state index contributed by atoms with van der Waals surface area (Å²) in [4.78, 5) is 18.0. The van der Waals surface area contributed by atoms with Crippen LogP contribution >= 0.6 is 0 Å². The van der Waals surface area contributed by atoms with Gasteiger partial charge in [-0.3, -0.25) is 0 Å². The van der Waals surface area contributed by atoms with Crippen molar-refractivity contribution in [2.24, 2.45) is 11.1 Å². The average Bonchev–Trinajstić information content (AvgIpc) is 3.08. The number of benzene rings is 1. The van der Waals surface area contributed by atoms with E-state index in [4.69, 9.17) is 15.5 Å². The van der Waals surface area contributed by atoms with E-state index >= 15 is 0 Å². The third-order valence-corrected chi connectivity index (χ3v) is 9.14. The van der Waals surface area contributed by atoms with Gasteiger partial charge >= 0.3 is 6.03 Å². The van der Waals surface area contributed by atoms with Gasteiger partial charge in [0.25, 0.3) is 0 Å². The van der Waals surface area contributed by atoms with Crippen LogP contribution in [0.15, 0.2) is 23.1 Å². The molecule has 0 bridgehead atoms. The normalized spacial score (nSPS) is 20.1. The van der Waals surface area contributed by atoms with Crippen molar-refractivity contribution in [1.29, 1.82) is 0 Å². The Morgan fingerprint density at radius 1 is 1.24 bits per heavy atom. The van der Waals surface area contributed by atoms with Crippen LogP contribution in [0.5, 0.6) is 0 Å². The molecule has 0 saturated carbocycles. The molecule has 0 radical (unpaired) electrons. The Morgan fingerprint density at radius 3 is 2.47 bits per heavy atom. The minimum Gasteiger partial charge on any atom is -0.388 e. The van der Waals surface area contributed by atoms with Crippen molar-refractivity contribution in [3.63, 3.8) is 0 Å². The van der Waals surface area contributed by atoms with Crippen molar-refractivity contribution in [2.75, 3.05) is 26.3 Å². The zero-order valence-electron chi connectivity index (χ0n) is 20.3. The lowest BCUT2D eigenvalue weighted by molar-refractivity contribution is -0.0727. The Balaban J connectivity index is 1.67. The van der Waals surface area contributed by atoms with Crippen LogP contribution in [0.1, 0.15) is 52.3 Å². The van der Waals surface area contributed by atoms with E-state index in [1.807, 2.05) is 10.6 Å². The van der Waals surface area contributed by atoms with Crippen LogP contribution in [0.2, 0.25) is 0 Å². The largest absolute Gasteiger partial charge is 0.388 e. The fraction of sp³-hybridized carbons (Fsp3) is 0.667. The number of nitrogens with two attached hydrogens (primary N) is 1. The van der Waals surface area contributed by atoms with Gasteiger partial charge in [0.1, 0.15) is 5.82 Å². The number of aromatic nitrogens is 2. The first-order valence-corrected chi connectivity index (χ1v) is 13.5. The monoisotopic (exact) mass is 492 g/mol. The molecule has 0 aliphatic carbocycles. The van der Waals surface area contributed by atoms with Gasteiger partial charge in [-0.15, -0.1) is 0 Å². The molecule has 4 rings (SSSR count). The molecule has 2 aromatic rings. The summed E-state index contributed by atoms with van der Waals surface area (Å²) >= 11 is 0. The SMILES string of the molecule is CC(C)(C)Cc1nc2cc(S(=O)(=O)C3CCN(C(N)=O)CC3)ccc2n1CC1(O)CCOCC1. The number of sulfone groups is 1. The molecule has 3 heterocycles. The van der Waals surface area contributed by atoms with E-state index in [1.54, 1.807) is 12.1 Å². The van der Waals surface area contributed by atoms with Crippen LogP contribution in [0.4, 0.5) is 4.79 Å². The van der Waals surface area contributed by atoms with Crippen molar-refractivity contribution < 1.29 is 23.1 Å². The number of piperidine rings is 1. The summed E-state index contributed by atoms with van der Waals surface area (Å²) in [6.45, 7) is 8.53. The molecule has 3 N–H and O–H groups in total. The number of fused-ring (bicyclic) bond motifs is 1. The van der Waals surface area contributed by atoms with Crippen LogP contribution in [0.25, 0.3) is 11.0 Å². The molecule has 0 spiro atoms. The molecule has 188 valence electrons. The number of ether oxygens (including phenoxy) is 1. The number of rotatable bonds is 5. The zero-order chi connectivity index (χ0) is 24.7. The molecule has 2 aliphatic rings. The minimum atomic E-state index is -3.57. The van der Waals surface area contributed by atoms with Gasteiger partial charge in [-0.05, 0) is 36.5 Å². The fourth-order valence-electron chi connectivity index (χ4n) is 4.90. The zero-order valence-corrected chi connectivity index (χ0v) is 21.1. The Kier molecular flexibility index (Phi) is 6.69. The molecule has 2 aliphatic heterocycles. The van der Waals surface area contributed by atoms with Gasteiger partial charge in [0, 0.05) is 45.6 Å². The summed E-state index contributed by atoms with van der Waals surface area (Å²) in [6, 6.07) is 4.59. The smallest absolute Gasteiger partial charge is 0.314 e. The van der Waals surface area contributed by atoms with Gasteiger partial charge in [0.15, 0.2) is 9.84 Å². The standard InChI is InChI=1S/C24H36N4O5S/c1-23(2,3)15-21-26-19-14-18(34(31,32)17-6-10-27(11-7-17)22(25)29)4-5-20(19)28(21)16-24(30)8-12-33-13-9-24/h4-5,14,17,30H,6-13,15-16H2,1-3H3,(H2,25,29). The van der Waals surface area contributed by atoms with Gasteiger partial charge < -0.3 is 25.0 Å². The molecular weight excluding hydrogens is 456 g/mol. The maximum absolute atomic E-state index is 13.4. The minimum absolute atomic E-state index is 0.0271. The lowest BCUT2D eigenvalue weighted by atomic mass is 9.91. The lowest BCUT2D eigenvalue weighted by Gasteiger charge is -2.33. The molecule has 1 aromatic heterocycles. The van der Waals surface area contributed by atoms with Crippen LogP contribution in [-0.2, 0) is 27.5 Å². The lowest BCUT2D eigenvalue weighted by Crippen LogP contribution is -2.44. The van der Waals surface area contributed by atoms with Crippen LogP contribution < -0.4 is 5.73 Å². The van der Waals surface area contributed by atoms with E-state index in [9.17, 15) is 18.3 Å². The number of carbonyl (C=O) groups is 1. The summed E-state index contributed by atoms with van der Waals surface area (Å²) in [7, 11) is -3.57. The van der Waals surface area contributed by atoms with Crippen molar-refractivity contribution in [1.82, 2.24) is 14.5 Å². The van der Waals surface area contributed by atoms with Gasteiger partial charge in [-0.2, -0.15) is 0 Å². The second kappa shape index (κ2) is 9.13. The van der Waals surface area contributed by atoms with Crippen molar-refractivity contribution in [3.05, 3.63) is 24.0 Å². The number of likely N-dealkylation sites (tertiary alicyclic amines) is 1. The summed E-state index contributed by atoms with van der Waals surface area (Å²) < 4.78 is 34.2. The number of imidazole rings is 1. The fourth-order valence-corrected chi connectivity index (χ4v) is 6.65. The molecule has 0 unspecified atom stereocenters. The predicted octanol–water partition coefficient (Wildman–Crippen LogP) is 2.48. The Labute approximate surface area is 201 Å². The second-order valence-electron chi connectivity index (χ2n) is 10.9. The number of aliphatic hydroxyl groups is 1. The van der Waals surface area contributed by atoms with E-state index in [0.29, 0.717) is 70.5 Å². The second-order valence-corrected chi connectivity index (χ2v) is 13.1. The number of carbonyl (C=O) groups excluding carboxylic acids is 1. The number of hydrogen-bond acceptors (Lipinski definition) is 6. The van der Waals surface area contributed by atoms with Crippen molar-refractivity contribution in [2.45, 2.75) is 75.2 Å². The highest BCUT2D eigenvalue weighted by molar-refractivity contribution is 7.92. The van der Waals surface area contributed by atoms with Gasteiger partial charge in [0.2, 0.25) is 0 Å². The third kappa shape index (κ3) is 5.23. The summed E-state index contributed by atoms with van der Waals surface area (Å²) in [5.41, 5.74) is 5.87. The van der Waals surface area contributed by atoms with E-state index in [1.165, 1.54) is 4.90 Å². The van der Waals surface area contributed by atoms with Crippen molar-refractivity contribution >= 4 is 26.9 Å². The molecule has 9 nitrogen and oxygen atoms in total. The van der Waals surface area contributed by atoms with Crippen LogP contribution in [0.3, 0.4) is 0 Å². The highest BCUT2D eigenvalue weighted by Crippen LogP contribution is 2.32. The number of urea groups is 1. The topological polar surface area (TPSA) is 128 Å². The van der Waals surface area contributed by atoms with Gasteiger partial charge in [-0.1, -0.05) is 20.8 Å². The molecule has 0 atom stereocenters. The molecule has 10 heteroatoms. The molecule has 34 heavy (non-hydrogen) atoms. The molecule has 2 amide bonds. The summed E-state index contributed by atoms with van der Waals surface area (Å²) in [5.74, 6) is 0.840. The van der Waals surface area contributed by atoms with Crippen LogP contribution in [-0.4, -0.2) is 71.2 Å². The van der Waals surface area contributed by atoms with Gasteiger partial charge in [-0.25, -0.2) is 18.2 Å². The number of amides is 2. The molecule has 1 aromatic carbocycles. The number of primary amides is 1. The molecule has 2 fully saturated rings. The third-order valence-electron chi connectivity index (χ3n) is 6.88. The van der Waals surface area contributed by atoms with E-state index < -0.39 is 26.7 Å². The quantitative estimate of drug-likeness (QED) is 0.660. The van der Waals surface area contributed by atoms with E-state index in [0.717, 1.165) is 11.3 Å². The maximum Gasteiger partial charge on any atom is 0.314 e.